The molecule has 1 saturated heterocycles. The molecule has 1 saturated carbocycles. The Balaban J connectivity index is 1.57. The van der Waals surface area contributed by atoms with E-state index in [0.717, 1.165) is 49.2 Å². The van der Waals surface area contributed by atoms with E-state index >= 15 is 0 Å². The number of piperazine rings is 1. The van der Waals surface area contributed by atoms with Gasteiger partial charge in [0, 0.05) is 56.2 Å². The summed E-state index contributed by atoms with van der Waals surface area (Å²) < 4.78 is 2.10. The van der Waals surface area contributed by atoms with E-state index < -0.39 is 0 Å². The maximum Gasteiger partial charge on any atom is 0.178 e. The fourth-order valence-corrected chi connectivity index (χ4v) is 3.15. The lowest BCUT2D eigenvalue weighted by Crippen LogP contribution is -2.48. The van der Waals surface area contributed by atoms with E-state index in [1.807, 2.05) is 20.0 Å². The van der Waals surface area contributed by atoms with E-state index in [-0.39, 0.29) is 5.78 Å². The molecular weight excluding hydrogens is 250 g/mol. The minimum Gasteiger partial charge on any atom is -0.351 e. The molecule has 2 aliphatic rings. The average Bonchev–Trinajstić information content (AvgIpc) is 3.24. The maximum atomic E-state index is 12.5. The van der Waals surface area contributed by atoms with Crippen molar-refractivity contribution in [1.29, 1.82) is 0 Å². The first kappa shape index (κ1) is 13.8. The lowest BCUT2D eigenvalue weighted by Gasteiger charge is -2.34. The van der Waals surface area contributed by atoms with Crippen molar-refractivity contribution in [3.63, 3.8) is 0 Å². The van der Waals surface area contributed by atoms with E-state index in [1.165, 1.54) is 12.8 Å². The Labute approximate surface area is 121 Å². The third-order valence-electron chi connectivity index (χ3n) is 4.91. The third kappa shape index (κ3) is 2.67. The molecule has 20 heavy (non-hydrogen) atoms. The molecule has 1 aliphatic heterocycles. The summed E-state index contributed by atoms with van der Waals surface area (Å²) in [7, 11) is 2.02. The largest absolute Gasteiger partial charge is 0.351 e. The Hall–Kier alpha value is -1.13. The molecule has 1 aromatic heterocycles. The molecule has 0 atom stereocenters. The first-order valence-electron chi connectivity index (χ1n) is 7.69. The van der Waals surface area contributed by atoms with Crippen LogP contribution in [0.4, 0.5) is 0 Å². The van der Waals surface area contributed by atoms with Crippen molar-refractivity contribution in [2.45, 2.75) is 32.7 Å². The van der Waals surface area contributed by atoms with Crippen LogP contribution in [0.25, 0.3) is 0 Å². The van der Waals surface area contributed by atoms with Crippen LogP contribution in [0.2, 0.25) is 0 Å². The summed E-state index contributed by atoms with van der Waals surface area (Å²) in [5, 5.41) is 0. The quantitative estimate of drug-likeness (QED) is 0.782. The monoisotopic (exact) mass is 275 g/mol. The normalized spacial score (nSPS) is 21.4. The van der Waals surface area contributed by atoms with Crippen LogP contribution in [0.15, 0.2) is 6.07 Å². The molecule has 2 heterocycles. The molecule has 0 radical (unpaired) electrons. The highest BCUT2D eigenvalue weighted by atomic mass is 16.1. The second-order valence-electron chi connectivity index (χ2n) is 6.31. The van der Waals surface area contributed by atoms with Crippen LogP contribution in [-0.4, -0.2) is 58.9 Å². The summed E-state index contributed by atoms with van der Waals surface area (Å²) in [4.78, 5) is 17.3. The summed E-state index contributed by atoms with van der Waals surface area (Å²) in [6.45, 7) is 8.99. The molecule has 1 aliphatic carbocycles. The van der Waals surface area contributed by atoms with E-state index in [9.17, 15) is 4.79 Å². The van der Waals surface area contributed by atoms with Crippen molar-refractivity contribution >= 4 is 5.78 Å². The van der Waals surface area contributed by atoms with Gasteiger partial charge >= 0.3 is 0 Å². The van der Waals surface area contributed by atoms with E-state index in [2.05, 4.69) is 21.3 Å². The lowest BCUT2D eigenvalue weighted by atomic mass is 10.1. The van der Waals surface area contributed by atoms with Crippen LogP contribution in [0, 0.1) is 13.8 Å². The first-order valence-corrected chi connectivity index (χ1v) is 7.69. The number of hydrogen-bond donors (Lipinski definition) is 0. The fraction of sp³-hybridized carbons (Fsp3) is 0.688. The zero-order valence-electron chi connectivity index (χ0n) is 12.9. The molecule has 0 spiro atoms. The Bertz CT molecular complexity index is 508. The predicted molar refractivity (Wildman–Crippen MR) is 80.3 cm³/mol. The van der Waals surface area contributed by atoms with Crippen LogP contribution in [0.5, 0.6) is 0 Å². The number of hydrogen-bond acceptors (Lipinski definition) is 3. The number of aromatic nitrogens is 1. The van der Waals surface area contributed by atoms with Gasteiger partial charge < -0.3 is 4.57 Å². The van der Waals surface area contributed by atoms with Crippen molar-refractivity contribution in [1.82, 2.24) is 14.4 Å². The van der Waals surface area contributed by atoms with Gasteiger partial charge in [-0.3, -0.25) is 14.6 Å². The van der Waals surface area contributed by atoms with Crippen LogP contribution in [0.1, 0.15) is 34.6 Å². The van der Waals surface area contributed by atoms with Gasteiger partial charge in [-0.2, -0.15) is 0 Å². The Morgan fingerprint density at radius 3 is 2.35 bits per heavy atom. The van der Waals surface area contributed by atoms with E-state index in [0.29, 0.717) is 6.54 Å². The number of aryl methyl sites for hydroxylation is 1. The fourth-order valence-electron chi connectivity index (χ4n) is 3.15. The highest BCUT2D eigenvalue weighted by Crippen LogP contribution is 2.27. The molecule has 3 rings (SSSR count). The van der Waals surface area contributed by atoms with Gasteiger partial charge in [0.1, 0.15) is 0 Å². The third-order valence-corrected chi connectivity index (χ3v) is 4.91. The van der Waals surface area contributed by atoms with E-state index in [1.54, 1.807) is 0 Å². The Morgan fingerprint density at radius 2 is 1.85 bits per heavy atom. The summed E-state index contributed by atoms with van der Waals surface area (Å²) in [5.41, 5.74) is 3.14. The van der Waals surface area contributed by atoms with Crippen LogP contribution in [0.3, 0.4) is 0 Å². The molecule has 2 fully saturated rings. The van der Waals surface area contributed by atoms with Gasteiger partial charge in [0.15, 0.2) is 5.78 Å². The first-order chi connectivity index (χ1) is 9.56. The van der Waals surface area contributed by atoms with Gasteiger partial charge in [-0.1, -0.05) is 0 Å². The Morgan fingerprint density at radius 1 is 1.20 bits per heavy atom. The summed E-state index contributed by atoms with van der Waals surface area (Å²) in [6, 6.07) is 2.88. The molecule has 0 bridgehead atoms. The van der Waals surface area contributed by atoms with Crippen LogP contribution >= 0.6 is 0 Å². The number of ketones is 1. The van der Waals surface area contributed by atoms with Gasteiger partial charge in [-0.15, -0.1) is 0 Å². The number of carbonyl (C=O) groups is 1. The molecule has 110 valence electrons. The predicted octanol–water partition coefficient (Wildman–Crippen LogP) is 1.60. The molecule has 1 aromatic rings. The van der Waals surface area contributed by atoms with Crippen LogP contribution < -0.4 is 0 Å². The van der Waals surface area contributed by atoms with Crippen molar-refractivity contribution in [3.05, 3.63) is 23.0 Å². The Kier molecular flexibility index (Phi) is 3.69. The molecule has 4 nitrogen and oxygen atoms in total. The summed E-state index contributed by atoms with van der Waals surface area (Å²) in [5.74, 6) is 0.270. The maximum absolute atomic E-state index is 12.5. The highest BCUT2D eigenvalue weighted by molar-refractivity contribution is 5.99. The molecule has 0 amide bonds. The van der Waals surface area contributed by atoms with Gasteiger partial charge in [-0.05, 0) is 32.8 Å². The minimum atomic E-state index is 0.270. The van der Waals surface area contributed by atoms with E-state index in [4.69, 9.17) is 0 Å². The van der Waals surface area contributed by atoms with Crippen molar-refractivity contribution in [2.75, 3.05) is 32.7 Å². The molecule has 0 aromatic carbocycles. The number of nitrogens with zero attached hydrogens (tertiary/aromatic N) is 3. The summed E-state index contributed by atoms with van der Waals surface area (Å²) >= 11 is 0. The minimum absolute atomic E-state index is 0.270. The number of rotatable bonds is 4. The highest BCUT2D eigenvalue weighted by Gasteiger charge is 2.31. The average molecular weight is 275 g/mol. The van der Waals surface area contributed by atoms with Gasteiger partial charge in [0.05, 0.1) is 6.54 Å². The topological polar surface area (TPSA) is 28.5 Å². The second-order valence-corrected chi connectivity index (χ2v) is 6.31. The van der Waals surface area contributed by atoms with Gasteiger partial charge in [-0.25, -0.2) is 0 Å². The van der Waals surface area contributed by atoms with Gasteiger partial charge in [0.25, 0.3) is 0 Å². The second kappa shape index (κ2) is 5.34. The standard InChI is InChI=1S/C16H25N3O/c1-12-10-15(13(2)17(12)3)16(20)11-18-6-8-19(9-7-18)14-4-5-14/h10,14H,4-9,11H2,1-3H3. The van der Waals surface area contributed by atoms with Gasteiger partial charge in [0.2, 0.25) is 0 Å². The van der Waals surface area contributed by atoms with Crippen LogP contribution in [-0.2, 0) is 7.05 Å². The van der Waals surface area contributed by atoms with Crippen molar-refractivity contribution in [3.8, 4) is 0 Å². The molecular formula is C16H25N3O. The molecule has 0 unspecified atom stereocenters. The lowest BCUT2D eigenvalue weighted by molar-refractivity contribution is 0.0843. The van der Waals surface area contributed by atoms with Crippen molar-refractivity contribution in [2.24, 2.45) is 7.05 Å². The zero-order valence-corrected chi connectivity index (χ0v) is 12.9. The molecule has 0 N–H and O–H groups in total. The number of Topliss-reactive ketones (excluding diaryl/α,β-unsaturated/α-hetero) is 1. The number of carbonyl (C=O) groups excluding carboxylic acids is 1. The van der Waals surface area contributed by atoms with Crippen molar-refractivity contribution < 1.29 is 4.79 Å². The smallest absolute Gasteiger partial charge is 0.178 e. The molecule has 4 heteroatoms. The summed E-state index contributed by atoms with van der Waals surface area (Å²) in [6.07, 6.45) is 2.75. The SMILES string of the molecule is Cc1cc(C(=O)CN2CCN(C3CC3)CC2)c(C)n1C. The zero-order chi connectivity index (χ0) is 14.3.